The smallest absolute Gasteiger partial charge is 0.160 e. The van der Waals surface area contributed by atoms with Crippen LogP contribution < -0.4 is 10.1 Å². The highest BCUT2D eigenvalue weighted by molar-refractivity contribution is 5.25. The molecule has 0 aliphatic heterocycles. The highest BCUT2D eigenvalue weighted by Crippen LogP contribution is 2.25. The molecule has 118 valence electrons. The summed E-state index contributed by atoms with van der Waals surface area (Å²) in [4.78, 5) is 11.4. The molecular weight excluding hydrogens is 264 g/mol. The number of ether oxygens (including phenoxy) is 1. The molecule has 0 radical (unpaired) electrons. The molecule has 1 aliphatic rings. The van der Waals surface area contributed by atoms with Gasteiger partial charge >= 0.3 is 0 Å². The van der Waals surface area contributed by atoms with Crippen LogP contribution in [0.4, 0.5) is 0 Å². The molecule has 1 aliphatic carbocycles. The first-order valence-electron chi connectivity index (χ1n) is 8.01. The van der Waals surface area contributed by atoms with Crippen LogP contribution in [-0.2, 0) is 6.54 Å². The van der Waals surface area contributed by atoms with E-state index in [1.165, 1.54) is 12.8 Å². The van der Waals surface area contributed by atoms with E-state index >= 15 is 0 Å². The van der Waals surface area contributed by atoms with E-state index < -0.39 is 0 Å². The average Bonchev–Trinajstić information content (AvgIpc) is 3.30. The van der Waals surface area contributed by atoms with Crippen molar-refractivity contribution in [2.24, 2.45) is 0 Å². The molecule has 0 amide bonds. The zero-order valence-electron chi connectivity index (χ0n) is 13.7. The Balaban J connectivity index is 1.95. The van der Waals surface area contributed by atoms with Gasteiger partial charge in [0.05, 0.1) is 11.9 Å². The van der Waals surface area contributed by atoms with Crippen molar-refractivity contribution in [3.8, 4) is 5.75 Å². The fourth-order valence-electron chi connectivity index (χ4n) is 2.19. The third kappa shape index (κ3) is 4.93. The molecule has 0 spiro atoms. The normalized spacial score (nSPS) is 15.0. The molecular formula is C16H28N4O. The monoisotopic (exact) mass is 292 g/mol. The Hall–Kier alpha value is -1.20. The van der Waals surface area contributed by atoms with Gasteiger partial charge in [0.15, 0.2) is 5.75 Å². The fourth-order valence-corrected chi connectivity index (χ4v) is 2.19. The van der Waals surface area contributed by atoms with Gasteiger partial charge in [-0.25, -0.2) is 9.97 Å². The van der Waals surface area contributed by atoms with E-state index in [0.717, 1.165) is 42.9 Å². The Bertz CT molecular complexity index is 446. The SMILES string of the molecule is CCNCc1nc(C(C)C)ncc1OCCN(C)C1CC1. The zero-order chi connectivity index (χ0) is 15.2. The Kier molecular flexibility index (Phi) is 5.94. The summed E-state index contributed by atoms with van der Waals surface area (Å²) in [5, 5.41) is 3.32. The summed E-state index contributed by atoms with van der Waals surface area (Å²) < 4.78 is 5.91. The van der Waals surface area contributed by atoms with Gasteiger partial charge in [-0.05, 0) is 26.4 Å². The van der Waals surface area contributed by atoms with E-state index in [-0.39, 0.29) is 0 Å². The molecule has 5 nitrogen and oxygen atoms in total. The number of hydrogen-bond donors (Lipinski definition) is 1. The van der Waals surface area contributed by atoms with Crippen molar-refractivity contribution in [2.45, 2.75) is 52.1 Å². The maximum Gasteiger partial charge on any atom is 0.160 e. The standard InChI is InChI=1S/C16H28N4O/c1-5-17-10-14-15(11-18-16(19-14)12(2)3)21-9-8-20(4)13-6-7-13/h11-13,17H,5-10H2,1-4H3. The summed E-state index contributed by atoms with van der Waals surface area (Å²) in [7, 11) is 2.17. The van der Waals surface area contributed by atoms with Crippen LogP contribution in [0.2, 0.25) is 0 Å². The van der Waals surface area contributed by atoms with E-state index in [9.17, 15) is 0 Å². The van der Waals surface area contributed by atoms with Crippen molar-refractivity contribution in [1.82, 2.24) is 20.2 Å². The molecule has 1 N–H and O–H groups in total. The second-order valence-corrected chi connectivity index (χ2v) is 6.03. The van der Waals surface area contributed by atoms with Gasteiger partial charge in [-0.3, -0.25) is 0 Å². The lowest BCUT2D eigenvalue weighted by Crippen LogP contribution is -2.26. The summed E-state index contributed by atoms with van der Waals surface area (Å²) in [6.07, 6.45) is 4.48. The molecule has 0 aromatic carbocycles. The Labute approximate surface area is 128 Å². The van der Waals surface area contributed by atoms with Crippen molar-refractivity contribution < 1.29 is 4.74 Å². The number of hydrogen-bond acceptors (Lipinski definition) is 5. The zero-order valence-corrected chi connectivity index (χ0v) is 13.7. The highest BCUT2D eigenvalue weighted by atomic mass is 16.5. The second-order valence-electron chi connectivity index (χ2n) is 6.03. The summed E-state index contributed by atoms with van der Waals surface area (Å²) in [5.74, 6) is 2.02. The molecule has 1 saturated carbocycles. The van der Waals surface area contributed by atoms with Gasteiger partial charge in [-0.15, -0.1) is 0 Å². The van der Waals surface area contributed by atoms with Gasteiger partial charge in [0.1, 0.15) is 12.4 Å². The fraction of sp³-hybridized carbons (Fsp3) is 0.750. The van der Waals surface area contributed by atoms with E-state index in [2.05, 4.69) is 48.0 Å². The summed E-state index contributed by atoms with van der Waals surface area (Å²) in [6.45, 7) is 9.61. The van der Waals surface area contributed by atoms with Crippen LogP contribution in [-0.4, -0.2) is 47.7 Å². The second kappa shape index (κ2) is 7.71. The lowest BCUT2D eigenvalue weighted by Gasteiger charge is -2.17. The lowest BCUT2D eigenvalue weighted by molar-refractivity contribution is 0.229. The molecule has 0 bridgehead atoms. The molecule has 2 rings (SSSR count). The van der Waals surface area contributed by atoms with Gasteiger partial charge in [-0.1, -0.05) is 20.8 Å². The maximum absolute atomic E-state index is 5.91. The minimum Gasteiger partial charge on any atom is -0.489 e. The quantitative estimate of drug-likeness (QED) is 0.756. The van der Waals surface area contributed by atoms with Gasteiger partial charge in [0.2, 0.25) is 0 Å². The van der Waals surface area contributed by atoms with Crippen molar-refractivity contribution in [3.05, 3.63) is 17.7 Å². The van der Waals surface area contributed by atoms with Gasteiger partial charge < -0.3 is 15.0 Å². The first-order valence-corrected chi connectivity index (χ1v) is 8.01. The topological polar surface area (TPSA) is 50.3 Å². The molecule has 1 aromatic rings. The largest absolute Gasteiger partial charge is 0.489 e. The van der Waals surface area contributed by atoms with Gasteiger partial charge in [0, 0.05) is 25.0 Å². The molecule has 1 fully saturated rings. The molecule has 0 unspecified atom stereocenters. The van der Waals surface area contributed by atoms with Gasteiger partial charge in [-0.2, -0.15) is 0 Å². The lowest BCUT2D eigenvalue weighted by atomic mass is 10.2. The number of rotatable bonds is 9. The summed E-state index contributed by atoms with van der Waals surface area (Å²) >= 11 is 0. The predicted octanol–water partition coefficient (Wildman–Crippen LogP) is 2.18. The minimum atomic E-state index is 0.334. The van der Waals surface area contributed by atoms with Crippen LogP contribution in [0.25, 0.3) is 0 Å². The Morgan fingerprint density at radius 2 is 2.19 bits per heavy atom. The number of likely N-dealkylation sites (N-methyl/N-ethyl adjacent to an activating group) is 1. The van der Waals surface area contributed by atoms with Crippen molar-refractivity contribution in [2.75, 3.05) is 26.7 Å². The van der Waals surface area contributed by atoms with Crippen LogP contribution >= 0.6 is 0 Å². The Morgan fingerprint density at radius 3 is 2.81 bits per heavy atom. The van der Waals surface area contributed by atoms with Crippen molar-refractivity contribution in [3.63, 3.8) is 0 Å². The first-order chi connectivity index (χ1) is 10.1. The maximum atomic E-state index is 5.91. The van der Waals surface area contributed by atoms with Crippen LogP contribution in [0.5, 0.6) is 5.75 Å². The van der Waals surface area contributed by atoms with E-state index in [1.807, 2.05) is 6.20 Å². The third-order valence-electron chi connectivity index (χ3n) is 3.78. The van der Waals surface area contributed by atoms with Crippen LogP contribution in [0.3, 0.4) is 0 Å². The van der Waals surface area contributed by atoms with Crippen LogP contribution in [0.15, 0.2) is 6.20 Å². The average molecular weight is 292 g/mol. The molecule has 21 heavy (non-hydrogen) atoms. The Morgan fingerprint density at radius 1 is 1.43 bits per heavy atom. The van der Waals surface area contributed by atoms with E-state index in [4.69, 9.17) is 4.74 Å². The summed E-state index contributed by atoms with van der Waals surface area (Å²) in [5.41, 5.74) is 0.963. The van der Waals surface area contributed by atoms with Crippen LogP contribution in [0, 0.1) is 0 Å². The molecule has 1 aromatic heterocycles. The molecule has 0 atom stereocenters. The third-order valence-corrected chi connectivity index (χ3v) is 3.78. The molecule has 0 saturated heterocycles. The van der Waals surface area contributed by atoms with Crippen LogP contribution in [0.1, 0.15) is 51.0 Å². The molecule has 1 heterocycles. The number of nitrogens with one attached hydrogen (secondary N) is 1. The number of nitrogens with zero attached hydrogens (tertiary/aromatic N) is 3. The van der Waals surface area contributed by atoms with E-state index in [1.54, 1.807) is 0 Å². The minimum absolute atomic E-state index is 0.334. The molecule has 5 heteroatoms. The highest BCUT2D eigenvalue weighted by Gasteiger charge is 2.25. The van der Waals surface area contributed by atoms with Crippen molar-refractivity contribution in [1.29, 1.82) is 0 Å². The first kappa shape index (κ1) is 16.2. The van der Waals surface area contributed by atoms with E-state index in [0.29, 0.717) is 12.5 Å². The number of aromatic nitrogens is 2. The summed E-state index contributed by atoms with van der Waals surface area (Å²) in [6, 6.07) is 0.773. The predicted molar refractivity (Wildman–Crippen MR) is 84.6 cm³/mol. The van der Waals surface area contributed by atoms with Gasteiger partial charge in [0.25, 0.3) is 0 Å². The van der Waals surface area contributed by atoms with Crippen molar-refractivity contribution >= 4 is 0 Å².